The van der Waals surface area contributed by atoms with Gasteiger partial charge in [0.2, 0.25) is 10.0 Å². The molecule has 1 heterocycles. The Morgan fingerprint density at radius 3 is 2.32 bits per heavy atom. The Morgan fingerprint density at radius 2 is 1.71 bits per heavy atom. The lowest BCUT2D eigenvalue weighted by molar-refractivity contribution is 0.102. The van der Waals surface area contributed by atoms with Gasteiger partial charge in [-0.3, -0.25) is 4.79 Å². The highest BCUT2D eigenvalue weighted by Gasteiger charge is 2.23. The summed E-state index contributed by atoms with van der Waals surface area (Å²) in [6.07, 6.45) is 2.60. The summed E-state index contributed by atoms with van der Waals surface area (Å²) in [5, 5.41) is 7.17. The van der Waals surface area contributed by atoms with Crippen LogP contribution in [0.2, 0.25) is 0 Å². The minimum absolute atomic E-state index is 0.132. The molecular formula is C23H28N4O3S. The van der Waals surface area contributed by atoms with E-state index in [1.54, 1.807) is 36.9 Å². The van der Waals surface area contributed by atoms with E-state index in [1.807, 2.05) is 12.1 Å². The average Bonchev–Trinajstić information content (AvgIpc) is 3.16. The van der Waals surface area contributed by atoms with Gasteiger partial charge in [0.25, 0.3) is 5.91 Å². The molecule has 0 radical (unpaired) electrons. The molecule has 0 unspecified atom stereocenters. The van der Waals surface area contributed by atoms with Crippen LogP contribution in [0.5, 0.6) is 0 Å². The van der Waals surface area contributed by atoms with Crippen molar-refractivity contribution in [3.8, 4) is 0 Å². The summed E-state index contributed by atoms with van der Waals surface area (Å²) in [5.74, 6) is 0.154. The second-order valence-corrected chi connectivity index (χ2v) is 9.82. The monoisotopic (exact) mass is 440 g/mol. The van der Waals surface area contributed by atoms with E-state index in [-0.39, 0.29) is 16.4 Å². The summed E-state index contributed by atoms with van der Waals surface area (Å²) in [4.78, 5) is 13.1. The lowest BCUT2D eigenvalue weighted by Crippen LogP contribution is -2.24. The molecule has 3 aromatic rings. The van der Waals surface area contributed by atoms with Gasteiger partial charge in [-0.2, -0.15) is 5.10 Å². The van der Waals surface area contributed by atoms with Gasteiger partial charge in [-0.15, -0.1) is 0 Å². The van der Waals surface area contributed by atoms with Crippen molar-refractivity contribution in [1.29, 1.82) is 0 Å². The van der Waals surface area contributed by atoms with Gasteiger partial charge in [0.1, 0.15) is 5.82 Å². The minimum Gasteiger partial charge on any atom is -0.307 e. The molecule has 1 aromatic heterocycles. The van der Waals surface area contributed by atoms with E-state index in [0.717, 1.165) is 21.9 Å². The number of rotatable bonds is 7. The standard InChI is InChI=1S/C23H28N4O3S/c1-6-18-7-9-19(10-8-18)15-27-22(11-12-24-27)25-23(28)20-13-16(2)17(3)21(14-20)31(29,30)26(4)5/h7-14H,6,15H2,1-5H3,(H,25,28). The Balaban J connectivity index is 1.86. The van der Waals surface area contributed by atoms with Crippen LogP contribution in [0.25, 0.3) is 0 Å². The Hall–Kier alpha value is -2.97. The molecule has 0 bridgehead atoms. The van der Waals surface area contributed by atoms with Crippen LogP contribution < -0.4 is 5.32 Å². The summed E-state index contributed by atoms with van der Waals surface area (Å²) in [7, 11) is -0.718. The van der Waals surface area contributed by atoms with E-state index in [0.29, 0.717) is 17.9 Å². The molecular weight excluding hydrogens is 412 g/mol. The van der Waals surface area contributed by atoms with Crippen LogP contribution in [-0.4, -0.2) is 42.5 Å². The minimum atomic E-state index is -3.67. The van der Waals surface area contributed by atoms with E-state index in [4.69, 9.17) is 0 Å². The van der Waals surface area contributed by atoms with Crippen molar-refractivity contribution in [2.75, 3.05) is 19.4 Å². The third-order valence-corrected chi connectivity index (χ3v) is 7.30. The molecule has 0 fully saturated rings. The first-order valence-electron chi connectivity index (χ1n) is 10.1. The lowest BCUT2D eigenvalue weighted by Gasteiger charge is -2.17. The van der Waals surface area contributed by atoms with Gasteiger partial charge < -0.3 is 5.32 Å². The molecule has 0 saturated heterocycles. The second-order valence-electron chi connectivity index (χ2n) is 7.70. The van der Waals surface area contributed by atoms with Gasteiger partial charge in [0.05, 0.1) is 17.6 Å². The number of aryl methyl sites for hydroxylation is 2. The zero-order chi connectivity index (χ0) is 22.8. The zero-order valence-corrected chi connectivity index (χ0v) is 19.3. The smallest absolute Gasteiger partial charge is 0.256 e. The predicted molar refractivity (Wildman–Crippen MR) is 122 cm³/mol. The van der Waals surface area contributed by atoms with Crippen molar-refractivity contribution in [1.82, 2.24) is 14.1 Å². The van der Waals surface area contributed by atoms with Gasteiger partial charge in [-0.25, -0.2) is 17.4 Å². The number of benzene rings is 2. The van der Waals surface area contributed by atoms with Gasteiger partial charge in [-0.1, -0.05) is 31.2 Å². The quantitative estimate of drug-likeness (QED) is 0.608. The molecule has 8 heteroatoms. The van der Waals surface area contributed by atoms with Crippen molar-refractivity contribution >= 4 is 21.7 Å². The first-order valence-corrected chi connectivity index (χ1v) is 11.5. The number of amides is 1. The third kappa shape index (κ3) is 4.86. The van der Waals surface area contributed by atoms with Crippen molar-refractivity contribution in [2.45, 2.75) is 38.6 Å². The van der Waals surface area contributed by atoms with Crippen molar-refractivity contribution < 1.29 is 13.2 Å². The number of nitrogens with zero attached hydrogens (tertiary/aromatic N) is 3. The highest BCUT2D eigenvalue weighted by Crippen LogP contribution is 2.24. The van der Waals surface area contributed by atoms with Gasteiger partial charge in [0.15, 0.2) is 0 Å². The zero-order valence-electron chi connectivity index (χ0n) is 18.5. The van der Waals surface area contributed by atoms with E-state index >= 15 is 0 Å². The van der Waals surface area contributed by atoms with Crippen LogP contribution in [0.15, 0.2) is 53.6 Å². The molecule has 31 heavy (non-hydrogen) atoms. The molecule has 0 spiro atoms. The second kappa shape index (κ2) is 9.03. The number of anilines is 1. The number of sulfonamides is 1. The largest absolute Gasteiger partial charge is 0.307 e. The molecule has 164 valence electrons. The fourth-order valence-electron chi connectivity index (χ4n) is 3.23. The number of carbonyl (C=O) groups is 1. The fourth-order valence-corrected chi connectivity index (χ4v) is 4.45. The maximum atomic E-state index is 13.0. The van der Waals surface area contributed by atoms with Crippen molar-refractivity contribution in [2.24, 2.45) is 0 Å². The fraction of sp³-hybridized carbons (Fsp3) is 0.304. The van der Waals surface area contributed by atoms with Crippen LogP contribution >= 0.6 is 0 Å². The topological polar surface area (TPSA) is 84.3 Å². The first kappa shape index (κ1) is 22.7. The molecule has 3 rings (SSSR count). The summed E-state index contributed by atoms with van der Waals surface area (Å²) in [6.45, 7) is 6.16. The number of hydrogen-bond acceptors (Lipinski definition) is 4. The molecule has 0 saturated carbocycles. The molecule has 7 nitrogen and oxygen atoms in total. The number of nitrogens with one attached hydrogen (secondary N) is 1. The summed E-state index contributed by atoms with van der Waals surface area (Å²) >= 11 is 0. The number of aromatic nitrogens is 2. The van der Waals surface area contributed by atoms with E-state index in [2.05, 4.69) is 29.5 Å². The van der Waals surface area contributed by atoms with E-state index < -0.39 is 10.0 Å². The van der Waals surface area contributed by atoms with Gasteiger partial charge >= 0.3 is 0 Å². The van der Waals surface area contributed by atoms with Crippen molar-refractivity contribution in [3.63, 3.8) is 0 Å². The maximum absolute atomic E-state index is 13.0. The average molecular weight is 441 g/mol. The molecule has 0 aliphatic carbocycles. The molecule has 0 atom stereocenters. The molecule has 1 N–H and O–H groups in total. The Labute approximate surface area is 183 Å². The maximum Gasteiger partial charge on any atom is 0.256 e. The highest BCUT2D eigenvalue weighted by atomic mass is 32.2. The Bertz CT molecular complexity index is 1200. The van der Waals surface area contributed by atoms with Crippen LogP contribution in [0.3, 0.4) is 0 Å². The lowest BCUT2D eigenvalue weighted by atomic mass is 10.1. The highest BCUT2D eigenvalue weighted by molar-refractivity contribution is 7.89. The van der Waals surface area contributed by atoms with E-state index in [9.17, 15) is 13.2 Å². The Kier molecular flexibility index (Phi) is 6.62. The number of carbonyl (C=O) groups excluding carboxylic acids is 1. The Morgan fingerprint density at radius 1 is 1.06 bits per heavy atom. The summed E-state index contributed by atoms with van der Waals surface area (Å²) < 4.78 is 28.2. The predicted octanol–water partition coefficient (Wildman–Crippen LogP) is 3.61. The number of hydrogen-bond donors (Lipinski definition) is 1. The van der Waals surface area contributed by atoms with Gasteiger partial charge in [-0.05, 0) is 54.7 Å². The third-order valence-electron chi connectivity index (χ3n) is 5.36. The SMILES string of the molecule is CCc1ccc(Cn2nccc2NC(=O)c2cc(C)c(C)c(S(=O)(=O)N(C)C)c2)cc1. The van der Waals surface area contributed by atoms with Crippen LogP contribution in [0, 0.1) is 13.8 Å². The van der Waals surface area contributed by atoms with Crippen LogP contribution in [0.4, 0.5) is 5.82 Å². The first-order chi connectivity index (χ1) is 14.6. The molecule has 1 amide bonds. The molecule has 0 aliphatic heterocycles. The summed E-state index contributed by atoms with van der Waals surface area (Å²) in [6, 6.07) is 13.1. The van der Waals surface area contributed by atoms with Crippen LogP contribution in [0.1, 0.15) is 39.5 Å². The van der Waals surface area contributed by atoms with Crippen LogP contribution in [-0.2, 0) is 23.0 Å². The van der Waals surface area contributed by atoms with Crippen molar-refractivity contribution in [3.05, 3.63) is 76.5 Å². The molecule has 2 aromatic carbocycles. The van der Waals surface area contributed by atoms with E-state index in [1.165, 1.54) is 25.7 Å². The summed E-state index contributed by atoms with van der Waals surface area (Å²) in [5.41, 5.74) is 3.98. The van der Waals surface area contributed by atoms with Gasteiger partial charge in [0, 0.05) is 25.7 Å². The normalized spacial score (nSPS) is 11.7. The molecule has 0 aliphatic rings.